The highest BCUT2D eigenvalue weighted by Crippen LogP contribution is 2.39. The highest BCUT2D eigenvalue weighted by atomic mass is 35.5. The summed E-state index contributed by atoms with van der Waals surface area (Å²) in [6, 6.07) is 11.5. The smallest absolute Gasteiger partial charge is 0.408 e. The molecule has 1 fully saturated rings. The van der Waals surface area contributed by atoms with Crippen LogP contribution in [0.4, 0.5) is 0 Å². The third kappa shape index (κ3) is 2.67. The Hall–Kier alpha value is -2.09. The van der Waals surface area contributed by atoms with Crippen molar-refractivity contribution in [2.24, 2.45) is 7.05 Å². The van der Waals surface area contributed by atoms with Gasteiger partial charge in [0, 0.05) is 24.7 Å². The van der Waals surface area contributed by atoms with Gasteiger partial charge in [-0.1, -0.05) is 29.8 Å². The maximum Gasteiger partial charge on any atom is 0.419 e. The molecule has 3 aromatic rings. The van der Waals surface area contributed by atoms with E-state index in [0.717, 1.165) is 12.0 Å². The topological polar surface area (TPSA) is 72.5 Å². The van der Waals surface area contributed by atoms with Gasteiger partial charge in [-0.2, -0.15) is 4.31 Å². The van der Waals surface area contributed by atoms with Gasteiger partial charge in [0.05, 0.1) is 16.5 Å². The fourth-order valence-corrected chi connectivity index (χ4v) is 5.45. The molecule has 1 aliphatic rings. The Morgan fingerprint density at radius 2 is 1.96 bits per heavy atom. The Bertz CT molecular complexity index is 1150. The first-order valence-corrected chi connectivity index (χ1v) is 10.1. The molecule has 26 heavy (non-hydrogen) atoms. The summed E-state index contributed by atoms with van der Waals surface area (Å²) in [6.45, 7) is 0.426. The van der Waals surface area contributed by atoms with Gasteiger partial charge in [0.2, 0.25) is 10.0 Å². The van der Waals surface area contributed by atoms with Crippen LogP contribution in [0.15, 0.2) is 56.6 Å². The first kappa shape index (κ1) is 17.3. The molecule has 0 spiro atoms. The highest BCUT2D eigenvalue weighted by molar-refractivity contribution is 7.89. The van der Waals surface area contributed by atoms with Gasteiger partial charge in [0.1, 0.15) is 0 Å². The van der Waals surface area contributed by atoms with Crippen LogP contribution in [0.1, 0.15) is 24.4 Å². The average Bonchev–Trinajstić information content (AvgIpc) is 3.21. The molecule has 0 bridgehead atoms. The largest absolute Gasteiger partial charge is 0.419 e. The molecule has 4 rings (SSSR count). The second kappa shape index (κ2) is 6.26. The van der Waals surface area contributed by atoms with Crippen LogP contribution in [0.2, 0.25) is 5.02 Å². The molecule has 0 N–H and O–H groups in total. The quantitative estimate of drug-likeness (QED) is 0.685. The Labute approximate surface area is 155 Å². The lowest BCUT2D eigenvalue weighted by Crippen LogP contribution is -2.30. The molecule has 2 heterocycles. The summed E-state index contributed by atoms with van der Waals surface area (Å²) in [5.74, 6) is -0.523. The summed E-state index contributed by atoms with van der Waals surface area (Å²) >= 11 is 6.29. The van der Waals surface area contributed by atoms with Crippen LogP contribution in [0.5, 0.6) is 0 Å². The van der Waals surface area contributed by atoms with Gasteiger partial charge in [-0.15, -0.1) is 0 Å². The molecule has 1 unspecified atom stereocenters. The zero-order chi connectivity index (χ0) is 18.5. The Balaban J connectivity index is 1.78. The summed E-state index contributed by atoms with van der Waals surface area (Å²) in [5.41, 5.74) is 1.62. The molecule has 0 aliphatic carbocycles. The number of aromatic nitrogens is 1. The third-order valence-corrected chi connectivity index (χ3v) is 7.09. The van der Waals surface area contributed by atoms with Crippen molar-refractivity contribution in [2.75, 3.05) is 6.54 Å². The summed E-state index contributed by atoms with van der Waals surface area (Å²) in [6.07, 6.45) is 1.48. The van der Waals surface area contributed by atoms with Crippen LogP contribution in [0.3, 0.4) is 0 Å². The van der Waals surface area contributed by atoms with Gasteiger partial charge in [-0.3, -0.25) is 4.57 Å². The van der Waals surface area contributed by atoms with Crippen molar-refractivity contribution < 1.29 is 12.8 Å². The van der Waals surface area contributed by atoms with Crippen LogP contribution < -0.4 is 5.76 Å². The normalized spacial score (nSPS) is 18.6. The molecule has 8 heteroatoms. The predicted molar refractivity (Wildman–Crippen MR) is 98.8 cm³/mol. The SMILES string of the molecule is Cn1c(=O)oc2cc(S(=O)(=O)N3CCCC3c3ccccc3Cl)ccc21. The van der Waals surface area contributed by atoms with E-state index in [-0.39, 0.29) is 16.5 Å². The molecular weight excluding hydrogens is 376 g/mol. The van der Waals surface area contributed by atoms with Crippen molar-refractivity contribution in [1.29, 1.82) is 0 Å². The maximum atomic E-state index is 13.2. The van der Waals surface area contributed by atoms with Crippen LogP contribution >= 0.6 is 11.6 Å². The molecule has 136 valence electrons. The zero-order valence-electron chi connectivity index (χ0n) is 14.1. The molecule has 6 nitrogen and oxygen atoms in total. The second-order valence-electron chi connectivity index (χ2n) is 6.35. The molecule has 1 aromatic heterocycles. The van der Waals surface area contributed by atoms with Crippen molar-refractivity contribution in [3.63, 3.8) is 0 Å². The number of oxazole rings is 1. The fourth-order valence-electron chi connectivity index (χ4n) is 3.49. The van der Waals surface area contributed by atoms with E-state index in [9.17, 15) is 13.2 Å². The minimum atomic E-state index is -3.74. The lowest BCUT2D eigenvalue weighted by Gasteiger charge is -2.25. The van der Waals surface area contributed by atoms with Crippen molar-refractivity contribution in [3.8, 4) is 0 Å². The number of aryl methyl sites for hydroxylation is 1. The van der Waals surface area contributed by atoms with E-state index in [1.54, 1.807) is 19.2 Å². The third-order valence-electron chi connectivity index (χ3n) is 4.84. The number of benzene rings is 2. The van der Waals surface area contributed by atoms with E-state index in [2.05, 4.69) is 0 Å². The monoisotopic (exact) mass is 392 g/mol. The van der Waals surface area contributed by atoms with Crippen LogP contribution in [0, 0.1) is 0 Å². The van der Waals surface area contributed by atoms with E-state index in [1.807, 2.05) is 18.2 Å². The summed E-state index contributed by atoms with van der Waals surface area (Å²) in [7, 11) is -2.16. The summed E-state index contributed by atoms with van der Waals surface area (Å²) in [4.78, 5) is 11.8. The van der Waals surface area contributed by atoms with E-state index in [0.29, 0.717) is 23.5 Å². The second-order valence-corrected chi connectivity index (χ2v) is 8.65. The number of sulfonamides is 1. The van der Waals surface area contributed by atoms with E-state index in [4.69, 9.17) is 16.0 Å². The molecular formula is C18H17ClN2O4S. The molecule has 1 atom stereocenters. The molecule has 1 aliphatic heterocycles. The number of nitrogens with zero attached hydrogens (tertiary/aromatic N) is 2. The molecule has 1 saturated heterocycles. The van der Waals surface area contributed by atoms with E-state index < -0.39 is 15.8 Å². The average molecular weight is 393 g/mol. The molecule has 0 saturated carbocycles. The van der Waals surface area contributed by atoms with Crippen molar-refractivity contribution in [2.45, 2.75) is 23.8 Å². The van der Waals surface area contributed by atoms with Crippen molar-refractivity contribution >= 4 is 32.7 Å². The van der Waals surface area contributed by atoms with Gasteiger partial charge >= 0.3 is 5.76 Å². The van der Waals surface area contributed by atoms with Crippen LogP contribution in [-0.2, 0) is 17.1 Å². The minimum absolute atomic E-state index is 0.110. The number of halogens is 1. The number of hydrogen-bond acceptors (Lipinski definition) is 4. The molecule has 0 radical (unpaired) electrons. The summed E-state index contributed by atoms with van der Waals surface area (Å²) in [5, 5.41) is 0.559. The van der Waals surface area contributed by atoms with Gasteiger partial charge in [0.25, 0.3) is 0 Å². The van der Waals surface area contributed by atoms with Gasteiger partial charge in [0.15, 0.2) is 5.58 Å². The lowest BCUT2D eigenvalue weighted by atomic mass is 10.1. The zero-order valence-corrected chi connectivity index (χ0v) is 15.6. The number of hydrogen-bond donors (Lipinski definition) is 0. The highest BCUT2D eigenvalue weighted by Gasteiger charge is 2.37. The first-order valence-electron chi connectivity index (χ1n) is 8.25. The Morgan fingerprint density at radius 3 is 2.73 bits per heavy atom. The van der Waals surface area contributed by atoms with E-state index >= 15 is 0 Å². The predicted octanol–water partition coefficient (Wildman–Crippen LogP) is 3.31. The Morgan fingerprint density at radius 1 is 1.19 bits per heavy atom. The van der Waals surface area contributed by atoms with Crippen LogP contribution in [0.25, 0.3) is 11.1 Å². The van der Waals surface area contributed by atoms with Gasteiger partial charge in [-0.25, -0.2) is 13.2 Å². The Kier molecular flexibility index (Phi) is 4.17. The molecule has 2 aromatic carbocycles. The van der Waals surface area contributed by atoms with Gasteiger partial charge < -0.3 is 4.42 Å². The summed E-state index contributed by atoms with van der Waals surface area (Å²) < 4.78 is 34.4. The van der Waals surface area contributed by atoms with Crippen LogP contribution in [-0.4, -0.2) is 23.8 Å². The van der Waals surface area contributed by atoms with E-state index in [1.165, 1.54) is 21.0 Å². The number of fused-ring (bicyclic) bond motifs is 1. The molecule has 0 amide bonds. The number of rotatable bonds is 3. The van der Waals surface area contributed by atoms with Gasteiger partial charge in [-0.05, 0) is 36.6 Å². The lowest BCUT2D eigenvalue weighted by molar-refractivity contribution is 0.397. The first-order chi connectivity index (χ1) is 12.4. The minimum Gasteiger partial charge on any atom is -0.408 e. The van der Waals surface area contributed by atoms with Crippen molar-refractivity contribution in [1.82, 2.24) is 8.87 Å². The maximum absolute atomic E-state index is 13.2. The standard InChI is InChI=1S/C18H17ClN2O4S/c1-20-16-9-8-12(11-17(16)25-18(20)22)26(23,24)21-10-4-7-15(21)13-5-2-3-6-14(13)19/h2-3,5-6,8-9,11,15H,4,7,10H2,1H3. The fraction of sp³-hybridized carbons (Fsp3) is 0.278. The van der Waals surface area contributed by atoms with Crippen molar-refractivity contribution in [3.05, 3.63) is 63.6 Å².